The van der Waals surface area contributed by atoms with E-state index < -0.39 is 0 Å². The smallest absolute Gasteiger partial charge is 0.137 e. The highest BCUT2D eigenvalue weighted by Gasteiger charge is 2.35. The third-order valence-corrected chi connectivity index (χ3v) is 3.15. The molecule has 1 aliphatic heterocycles. The molecule has 0 bridgehead atoms. The molecule has 2 rings (SSSR count). The molecule has 4 nitrogen and oxygen atoms in total. The first-order valence-electron chi connectivity index (χ1n) is 5.99. The van der Waals surface area contributed by atoms with E-state index in [2.05, 4.69) is 17.2 Å². The number of aromatic nitrogens is 1. The van der Waals surface area contributed by atoms with Gasteiger partial charge >= 0.3 is 0 Å². The Labute approximate surface area is 102 Å². The van der Waals surface area contributed by atoms with Crippen molar-refractivity contribution in [2.45, 2.75) is 18.9 Å². The molecule has 1 aliphatic rings. The number of hydrogen-bond donors (Lipinski definition) is 1. The molecule has 2 heterocycles. The van der Waals surface area contributed by atoms with Crippen LogP contribution >= 0.6 is 0 Å². The highest BCUT2D eigenvalue weighted by Crippen LogP contribution is 2.25. The molecule has 1 aromatic rings. The van der Waals surface area contributed by atoms with E-state index in [1.165, 1.54) is 0 Å². The first-order valence-corrected chi connectivity index (χ1v) is 5.99. The van der Waals surface area contributed by atoms with E-state index in [4.69, 9.17) is 9.47 Å². The van der Waals surface area contributed by atoms with E-state index in [1.807, 2.05) is 12.1 Å². The summed E-state index contributed by atoms with van der Waals surface area (Å²) in [6.07, 6.45) is 4.57. The molecule has 1 fully saturated rings. The number of methoxy groups -OCH3 is 1. The Morgan fingerprint density at radius 1 is 1.59 bits per heavy atom. The van der Waals surface area contributed by atoms with Crippen molar-refractivity contribution in [2.24, 2.45) is 5.92 Å². The number of ether oxygens (including phenoxy) is 2. The molecule has 1 unspecified atom stereocenters. The first-order chi connectivity index (χ1) is 8.22. The minimum Gasteiger partial charge on any atom is -0.490 e. The van der Waals surface area contributed by atoms with Crippen LogP contribution in [-0.4, -0.2) is 37.4 Å². The lowest BCUT2D eigenvalue weighted by Gasteiger charge is -2.24. The van der Waals surface area contributed by atoms with Crippen LogP contribution in [0.3, 0.4) is 0 Å². The summed E-state index contributed by atoms with van der Waals surface area (Å²) >= 11 is 0. The fourth-order valence-corrected chi connectivity index (χ4v) is 2.31. The minimum absolute atomic E-state index is 0.0407. The summed E-state index contributed by atoms with van der Waals surface area (Å²) in [7, 11) is 1.75. The van der Waals surface area contributed by atoms with Crippen molar-refractivity contribution < 1.29 is 9.47 Å². The monoisotopic (exact) mass is 236 g/mol. The van der Waals surface area contributed by atoms with E-state index in [0.29, 0.717) is 12.5 Å². The molecule has 1 N–H and O–H groups in total. The van der Waals surface area contributed by atoms with Crippen LogP contribution in [-0.2, 0) is 4.74 Å². The van der Waals surface area contributed by atoms with E-state index >= 15 is 0 Å². The van der Waals surface area contributed by atoms with Crippen LogP contribution in [0, 0.1) is 5.92 Å². The summed E-state index contributed by atoms with van der Waals surface area (Å²) in [5.74, 6) is 1.41. The van der Waals surface area contributed by atoms with E-state index in [1.54, 1.807) is 19.5 Å². The normalized spacial score (nSPS) is 28.2. The van der Waals surface area contributed by atoms with Gasteiger partial charge in [0, 0.05) is 19.9 Å². The van der Waals surface area contributed by atoms with Gasteiger partial charge in [-0.15, -0.1) is 0 Å². The number of hydrogen-bond acceptors (Lipinski definition) is 4. The Bertz CT molecular complexity index is 345. The van der Waals surface area contributed by atoms with Gasteiger partial charge in [-0.2, -0.15) is 0 Å². The van der Waals surface area contributed by atoms with Crippen molar-refractivity contribution >= 4 is 0 Å². The fraction of sp³-hybridized carbons (Fsp3) is 0.615. The zero-order chi connectivity index (χ0) is 12.1. The molecule has 17 heavy (non-hydrogen) atoms. The van der Waals surface area contributed by atoms with E-state index in [-0.39, 0.29) is 5.54 Å². The van der Waals surface area contributed by atoms with Gasteiger partial charge in [0.05, 0.1) is 18.3 Å². The molecule has 0 spiro atoms. The average Bonchev–Trinajstić information content (AvgIpc) is 2.71. The van der Waals surface area contributed by atoms with Crippen LogP contribution in [0.2, 0.25) is 0 Å². The second-order valence-electron chi connectivity index (χ2n) is 4.94. The van der Waals surface area contributed by atoms with Crippen molar-refractivity contribution in [3.05, 3.63) is 24.5 Å². The van der Waals surface area contributed by atoms with Gasteiger partial charge in [0.2, 0.25) is 0 Å². The van der Waals surface area contributed by atoms with Crippen molar-refractivity contribution in [1.82, 2.24) is 10.3 Å². The third-order valence-electron chi connectivity index (χ3n) is 3.15. The predicted molar refractivity (Wildman–Crippen MR) is 66.1 cm³/mol. The highest BCUT2D eigenvalue weighted by atomic mass is 16.5. The summed E-state index contributed by atoms with van der Waals surface area (Å²) in [5.41, 5.74) is 0.0407. The molecular formula is C13H20N2O2. The van der Waals surface area contributed by atoms with Gasteiger partial charge in [0.25, 0.3) is 0 Å². The predicted octanol–water partition coefficient (Wildman–Crippen LogP) is 1.47. The number of nitrogens with one attached hydrogen (secondary N) is 1. The minimum atomic E-state index is 0.0407. The Kier molecular flexibility index (Phi) is 3.97. The van der Waals surface area contributed by atoms with Crippen LogP contribution in [0.4, 0.5) is 0 Å². The molecule has 1 aromatic heterocycles. The zero-order valence-corrected chi connectivity index (χ0v) is 10.5. The SMILES string of the molecule is COCC1CN[C@](C)(COc2cccnc2)C1. The Morgan fingerprint density at radius 2 is 2.47 bits per heavy atom. The number of pyridine rings is 1. The van der Waals surface area contributed by atoms with Gasteiger partial charge in [-0.05, 0) is 31.4 Å². The average molecular weight is 236 g/mol. The van der Waals surface area contributed by atoms with Gasteiger partial charge < -0.3 is 14.8 Å². The largest absolute Gasteiger partial charge is 0.490 e. The number of nitrogens with zero attached hydrogens (tertiary/aromatic N) is 1. The number of rotatable bonds is 5. The highest BCUT2D eigenvalue weighted by molar-refractivity contribution is 5.15. The van der Waals surface area contributed by atoms with Crippen LogP contribution in [0.15, 0.2) is 24.5 Å². The van der Waals surface area contributed by atoms with Gasteiger partial charge in [-0.1, -0.05) is 0 Å². The van der Waals surface area contributed by atoms with E-state index in [9.17, 15) is 0 Å². The molecule has 94 valence electrons. The van der Waals surface area contributed by atoms with Gasteiger partial charge in [0.1, 0.15) is 12.4 Å². The van der Waals surface area contributed by atoms with Crippen LogP contribution in [0.25, 0.3) is 0 Å². The van der Waals surface area contributed by atoms with Gasteiger partial charge in [0.15, 0.2) is 0 Å². The maximum Gasteiger partial charge on any atom is 0.137 e. The van der Waals surface area contributed by atoms with Crippen molar-refractivity contribution in [3.63, 3.8) is 0 Å². The topological polar surface area (TPSA) is 43.4 Å². The molecule has 1 saturated heterocycles. The second kappa shape index (κ2) is 5.47. The Morgan fingerprint density at radius 3 is 3.18 bits per heavy atom. The molecule has 0 aromatic carbocycles. The maximum absolute atomic E-state index is 5.75. The molecule has 4 heteroatoms. The Hall–Kier alpha value is -1.13. The fourth-order valence-electron chi connectivity index (χ4n) is 2.31. The third kappa shape index (κ3) is 3.41. The summed E-state index contributed by atoms with van der Waals surface area (Å²) in [4.78, 5) is 4.03. The van der Waals surface area contributed by atoms with Crippen molar-refractivity contribution in [1.29, 1.82) is 0 Å². The van der Waals surface area contributed by atoms with Crippen molar-refractivity contribution in [3.8, 4) is 5.75 Å². The second-order valence-corrected chi connectivity index (χ2v) is 4.94. The van der Waals surface area contributed by atoms with Gasteiger partial charge in [-0.25, -0.2) is 0 Å². The summed E-state index contributed by atoms with van der Waals surface area (Å²) in [5, 5.41) is 3.51. The maximum atomic E-state index is 5.75. The lowest BCUT2D eigenvalue weighted by molar-refractivity contribution is 0.150. The summed E-state index contributed by atoms with van der Waals surface area (Å²) in [6.45, 7) is 4.67. The molecule has 0 saturated carbocycles. The lowest BCUT2D eigenvalue weighted by atomic mass is 9.96. The van der Waals surface area contributed by atoms with Crippen LogP contribution < -0.4 is 10.1 Å². The molecule has 0 aliphatic carbocycles. The Balaban J connectivity index is 1.83. The van der Waals surface area contributed by atoms with Crippen molar-refractivity contribution in [2.75, 3.05) is 26.9 Å². The molecule has 0 amide bonds. The quantitative estimate of drug-likeness (QED) is 0.841. The summed E-state index contributed by atoms with van der Waals surface area (Å²) in [6, 6.07) is 3.81. The summed E-state index contributed by atoms with van der Waals surface area (Å²) < 4.78 is 10.9. The van der Waals surface area contributed by atoms with Crippen LogP contribution in [0.1, 0.15) is 13.3 Å². The molecule has 0 radical (unpaired) electrons. The van der Waals surface area contributed by atoms with Gasteiger partial charge in [-0.3, -0.25) is 4.98 Å². The van der Waals surface area contributed by atoms with E-state index in [0.717, 1.165) is 25.3 Å². The lowest BCUT2D eigenvalue weighted by Crippen LogP contribution is -2.42. The molecular weight excluding hydrogens is 216 g/mol. The first kappa shape index (κ1) is 12.3. The molecule has 2 atom stereocenters. The zero-order valence-electron chi connectivity index (χ0n) is 10.5. The standard InChI is InChI=1S/C13H20N2O2/c1-13(6-11(7-15-13)9-16-2)10-17-12-4-3-5-14-8-12/h3-5,8,11,15H,6-7,9-10H2,1-2H3/t11?,13-/m0/s1. The van der Waals surface area contributed by atoms with Crippen LogP contribution in [0.5, 0.6) is 5.75 Å².